The number of carbonyl (C=O) groups is 1. The van der Waals surface area contributed by atoms with E-state index in [-0.39, 0.29) is 11.5 Å². The highest BCUT2D eigenvalue weighted by atomic mass is 19.3. The van der Waals surface area contributed by atoms with Crippen molar-refractivity contribution in [2.45, 2.75) is 0 Å². The second-order valence-electron chi connectivity index (χ2n) is 4.65. The van der Waals surface area contributed by atoms with Gasteiger partial charge in [0.25, 0.3) is 0 Å². The first kappa shape index (κ1) is 17.9. The van der Waals surface area contributed by atoms with Crippen LogP contribution in [-0.2, 0) is 4.79 Å². The van der Waals surface area contributed by atoms with E-state index in [0.29, 0.717) is 16.8 Å². The Kier molecular flexibility index (Phi) is 6.03. The van der Waals surface area contributed by atoms with Crippen LogP contribution in [0.4, 0.5) is 18.9 Å². The van der Waals surface area contributed by atoms with Crippen molar-refractivity contribution >= 4 is 23.6 Å². The van der Waals surface area contributed by atoms with Gasteiger partial charge >= 0.3 is 12.1 Å². The summed E-state index contributed by atoms with van der Waals surface area (Å²) in [7, 11) is 0. The van der Waals surface area contributed by atoms with Crippen molar-refractivity contribution in [3.05, 3.63) is 77.8 Å². The maximum atomic E-state index is 12.7. The molecule has 0 bridgehead atoms. The predicted molar refractivity (Wildman–Crippen MR) is 85.0 cm³/mol. The molecule has 0 radical (unpaired) electrons. The summed E-state index contributed by atoms with van der Waals surface area (Å²) in [6.45, 7) is 0. The van der Waals surface area contributed by atoms with Crippen LogP contribution in [0.15, 0.2) is 71.7 Å². The normalized spacial score (nSPS) is 10.2. The van der Waals surface area contributed by atoms with Crippen LogP contribution < -0.4 is 4.74 Å². The number of hydrogen-bond acceptors (Lipinski definition) is 4. The molecule has 2 aromatic rings. The first-order valence-electron chi connectivity index (χ1n) is 6.88. The molecule has 7 heteroatoms. The van der Waals surface area contributed by atoms with Crippen LogP contribution in [-0.4, -0.2) is 11.9 Å². The van der Waals surface area contributed by atoms with Crippen molar-refractivity contribution in [2.75, 3.05) is 0 Å². The summed E-state index contributed by atoms with van der Waals surface area (Å²) in [5, 5.41) is 0. The molecule has 0 saturated carbocycles. The number of ketones is 1. The third-order valence-corrected chi connectivity index (χ3v) is 2.99. The average Bonchev–Trinajstić information content (AvgIpc) is 2.61. The molecule has 0 aromatic heterocycles. The quantitative estimate of drug-likeness (QED) is 0.244. The third-order valence-electron chi connectivity index (χ3n) is 2.99. The molecule has 0 aliphatic carbocycles. The fourth-order valence-corrected chi connectivity index (χ4v) is 1.81. The number of nitrogens with zero attached hydrogens (tertiary/aromatic N) is 1. The van der Waals surface area contributed by atoms with Crippen molar-refractivity contribution in [1.82, 2.24) is 0 Å². The SMILES string of the molecule is O=C=Nc1ccc(C(=O)C=Cc2ccc(OC(F)=C(F)F)cc2)cc1. The van der Waals surface area contributed by atoms with Crippen molar-refractivity contribution < 1.29 is 27.5 Å². The van der Waals surface area contributed by atoms with Gasteiger partial charge in [-0.25, -0.2) is 4.79 Å². The van der Waals surface area contributed by atoms with E-state index in [0.717, 1.165) is 0 Å². The molecule has 0 unspecified atom stereocenters. The lowest BCUT2D eigenvalue weighted by atomic mass is 10.1. The minimum absolute atomic E-state index is 0.0971. The number of hydrogen-bond donors (Lipinski definition) is 0. The van der Waals surface area contributed by atoms with E-state index >= 15 is 0 Å². The molecule has 0 N–H and O–H groups in total. The molecule has 0 amide bonds. The molecule has 0 atom stereocenters. The zero-order valence-electron chi connectivity index (χ0n) is 12.6. The maximum absolute atomic E-state index is 12.7. The van der Waals surface area contributed by atoms with Crippen molar-refractivity contribution in [3.63, 3.8) is 0 Å². The van der Waals surface area contributed by atoms with Gasteiger partial charge in [0.15, 0.2) is 5.78 Å². The van der Waals surface area contributed by atoms with E-state index in [4.69, 9.17) is 0 Å². The van der Waals surface area contributed by atoms with Gasteiger partial charge in [0.2, 0.25) is 6.08 Å². The Morgan fingerprint density at radius 2 is 1.64 bits per heavy atom. The highest BCUT2D eigenvalue weighted by Crippen LogP contribution is 2.19. The highest BCUT2D eigenvalue weighted by Gasteiger charge is 2.07. The van der Waals surface area contributed by atoms with E-state index in [1.165, 1.54) is 66.8 Å². The fraction of sp³-hybridized carbons (Fsp3) is 0. The van der Waals surface area contributed by atoms with Crippen LogP contribution in [0.5, 0.6) is 5.75 Å². The molecule has 0 heterocycles. The first-order valence-corrected chi connectivity index (χ1v) is 6.88. The van der Waals surface area contributed by atoms with Gasteiger partial charge in [0.1, 0.15) is 5.75 Å². The molecule has 0 saturated heterocycles. The smallest absolute Gasteiger partial charge is 0.344 e. The van der Waals surface area contributed by atoms with Crippen LogP contribution >= 0.6 is 0 Å². The number of benzene rings is 2. The van der Waals surface area contributed by atoms with Gasteiger partial charge in [-0.1, -0.05) is 18.2 Å². The highest BCUT2D eigenvalue weighted by molar-refractivity contribution is 6.06. The Balaban J connectivity index is 2.04. The van der Waals surface area contributed by atoms with Crippen molar-refractivity contribution in [1.29, 1.82) is 0 Å². The maximum Gasteiger partial charge on any atom is 0.344 e. The molecule has 0 spiro atoms. The van der Waals surface area contributed by atoms with E-state index < -0.39 is 12.1 Å². The Morgan fingerprint density at radius 3 is 2.20 bits per heavy atom. The molecular weight excluding hydrogens is 335 g/mol. The molecule has 2 aromatic carbocycles. The number of rotatable bonds is 6. The summed E-state index contributed by atoms with van der Waals surface area (Å²) in [5.74, 6) is -0.379. The summed E-state index contributed by atoms with van der Waals surface area (Å²) in [4.78, 5) is 25.6. The van der Waals surface area contributed by atoms with Crippen LogP contribution in [0.3, 0.4) is 0 Å². The number of ether oxygens (including phenoxy) is 1. The minimum atomic E-state index is -2.54. The molecule has 126 valence electrons. The second kappa shape index (κ2) is 8.42. The van der Waals surface area contributed by atoms with Crippen LogP contribution in [0.25, 0.3) is 6.08 Å². The standard InChI is InChI=1S/C18H10F3NO3/c19-17(20)18(21)25-15-8-1-12(2-9-15)3-10-16(24)13-4-6-14(7-5-13)22-11-23/h1-10H. The van der Waals surface area contributed by atoms with E-state index in [1.807, 2.05) is 0 Å². The van der Waals surface area contributed by atoms with Gasteiger partial charge in [-0.05, 0) is 48.0 Å². The van der Waals surface area contributed by atoms with Crippen LogP contribution in [0.2, 0.25) is 0 Å². The topological polar surface area (TPSA) is 55.7 Å². The zero-order valence-corrected chi connectivity index (χ0v) is 12.6. The van der Waals surface area contributed by atoms with E-state index in [9.17, 15) is 22.8 Å². The Hall–Kier alpha value is -3.44. The molecule has 25 heavy (non-hydrogen) atoms. The molecule has 0 fully saturated rings. The lowest BCUT2D eigenvalue weighted by Crippen LogP contribution is -1.93. The van der Waals surface area contributed by atoms with Gasteiger partial charge in [-0.3, -0.25) is 4.79 Å². The molecular formula is C18H10F3NO3. The van der Waals surface area contributed by atoms with Gasteiger partial charge in [-0.2, -0.15) is 18.2 Å². The lowest BCUT2D eigenvalue weighted by molar-refractivity contribution is 0.104. The van der Waals surface area contributed by atoms with E-state index in [1.54, 1.807) is 0 Å². The summed E-state index contributed by atoms with van der Waals surface area (Å²) in [6.07, 6.45) is 1.68. The van der Waals surface area contributed by atoms with Crippen molar-refractivity contribution in [2.24, 2.45) is 4.99 Å². The summed E-state index contributed by atoms with van der Waals surface area (Å²) in [6, 6.07) is 9.61. The Morgan fingerprint density at radius 1 is 1.00 bits per heavy atom. The predicted octanol–water partition coefficient (Wildman–Crippen LogP) is 4.96. The molecule has 4 nitrogen and oxygen atoms in total. The molecule has 0 aliphatic rings. The Bertz CT molecular complexity index is 861. The van der Waals surface area contributed by atoms with Crippen LogP contribution in [0, 0.1) is 0 Å². The van der Waals surface area contributed by atoms with Gasteiger partial charge < -0.3 is 4.74 Å². The fourth-order valence-electron chi connectivity index (χ4n) is 1.81. The zero-order chi connectivity index (χ0) is 18.2. The number of aliphatic imine (C=N–C) groups is 1. The van der Waals surface area contributed by atoms with Gasteiger partial charge in [0, 0.05) is 5.56 Å². The average molecular weight is 345 g/mol. The van der Waals surface area contributed by atoms with Gasteiger partial charge in [-0.15, -0.1) is 0 Å². The number of carbonyl (C=O) groups excluding carboxylic acids is 2. The van der Waals surface area contributed by atoms with Crippen LogP contribution in [0.1, 0.15) is 15.9 Å². The number of isocyanates is 1. The summed E-state index contributed by atoms with van der Waals surface area (Å²) in [5.41, 5.74) is 1.37. The third kappa shape index (κ3) is 5.30. The summed E-state index contributed by atoms with van der Waals surface area (Å²) < 4.78 is 40.8. The van der Waals surface area contributed by atoms with E-state index in [2.05, 4.69) is 9.73 Å². The van der Waals surface area contributed by atoms with Crippen molar-refractivity contribution in [3.8, 4) is 5.75 Å². The first-order chi connectivity index (χ1) is 12.0. The second-order valence-corrected chi connectivity index (χ2v) is 4.65. The largest absolute Gasteiger partial charge is 0.428 e. The monoisotopic (exact) mass is 345 g/mol. The Labute approximate surface area is 140 Å². The van der Waals surface area contributed by atoms with Gasteiger partial charge in [0.05, 0.1) is 5.69 Å². The summed E-state index contributed by atoms with van der Waals surface area (Å²) >= 11 is 0. The number of allylic oxidation sites excluding steroid dienone is 1. The lowest BCUT2D eigenvalue weighted by Gasteiger charge is -2.02. The molecule has 2 rings (SSSR count). The number of halogens is 3. The molecule has 0 aliphatic heterocycles. The minimum Gasteiger partial charge on any atom is -0.428 e.